The molecular formula is C78H103N17O7. The molecule has 5 amide bonds. The van der Waals surface area contributed by atoms with E-state index in [9.17, 15) is 24.0 Å². The molecule has 6 heterocycles. The molecule has 11 rings (SSSR count). The molecule has 0 saturated carbocycles. The van der Waals surface area contributed by atoms with Crippen LogP contribution in [0.3, 0.4) is 0 Å². The molecule has 8 aromatic rings. The van der Waals surface area contributed by atoms with Crippen LogP contribution in [0.1, 0.15) is 128 Å². The van der Waals surface area contributed by atoms with Crippen molar-refractivity contribution < 1.29 is 33.4 Å². The number of aromatic amines is 2. The lowest BCUT2D eigenvalue weighted by molar-refractivity contribution is -0.145. The van der Waals surface area contributed by atoms with Crippen LogP contribution in [0.25, 0.3) is 44.8 Å². The largest absolute Gasteiger partial charge is 0.494 e. The Morgan fingerprint density at radius 3 is 1.78 bits per heavy atom. The van der Waals surface area contributed by atoms with E-state index in [1.165, 1.54) is 26.1 Å². The van der Waals surface area contributed by atoms with E-state index in [0.717, 1.165) is 137 Å². The van der Waals surface area contributed by atoms with E-state index in [1.807, 2.05) is 38.1 Å². The van der Waals surface area contributed by atoms with Crippen molar-refractivity contribution in [3.63, 3.8) is 0 Å². The minimum atomic E-state index is -0.727. The van der Waals surface area contributed by atoms with Gasteiger partial charge in [-0.1, -0.05) is 72.7 Å². The number of aromatic nitrogens is 7. The van der Waals surface area contributed by atoms with Crippen LogP contribution >= 0.6 is 0 Å². The number of likely N-dealkylation sites (N-methyl/N-ethyl adjacent to an activating group) is 2. The van der Waals surface area contributed by atoms with Gasteiger partial charge in [-0.25, -0.2) is 9.97 Å². The van der Waals surface area contributed by atoms with Gasteiger partial charge in [0.2, 0.25) is 29.5 Å². The smallest absolute Gasteiger partial charge is 0.243 e. The number of nitrogens with one attached hydrogen (secondary N) is 3. The molecule has 542 valence electrons. The number of fused-ring (bicyclic) bond motifs is 3. The van der Waals surface area contributed by atoms with Gasteiger partial charge in [-0.3, -0.25) is 33.6 Å². The lowest BCUT2D eigenvalue weighted by Crippen LogP contribution is -2.49. The summed E-state index contributed by atoms with van der Waals surface area (Å²) in [6.45, 7) is 26.2. The van der Waals surface area contributed by atoms with Crippen LogP contribution in [0, 0.1) is 0 Å². The fourth-order valence-electron chi connectivity index (χ4n) is 13.4. The molecule has 0 aliphatic carbocycles. The zero-order chi connectivity index (χ0) is 72.2. The number of aliphatic imine (C=N–C) groups is 1. The molecule has 24 heteroatoms. The first-order valence-electron chi connectivity index (χ1n) is 36.3. The summed E-state index contributed by atoms with van der Waals surface area (Å²) in [6, 6.07) is 31.5. The summed E-state index contributed by atoms with van der Waals surface area (Å²) in [7, 11) is 4.33. The van der Waals surface area contributed by atoms with Crippen molar-refractivity contribution in [2.24, 2.45) is 10.7 Å². The Bertz CT molecular complexity index is 4260. The molecule has 5 aromatic carbocycles. The first-order valence-corrected chi connectivity index (χ1v) is 36.3. The van der Waals surface area contributed by atoms with Crippen molar-refractivity contribution in [3.05, 3.63) is 125 Å². The second-order valence-electron chi connectivity index (χ2n) is 29.6. The molecule has 0 radical (unpaired) electrons. The minimum absolute atomic E-state index is 0.0759. The molecule has 0 bridgehead atoms. The topological polar surface area (TPSA) is 265 Å². The molecule has 0 atom stereocenters. The van der Waals surface area contributed by atoms with Gasteiger partial charge >= 0.3 is 0 Å². The van der Waals surface area contributed by atoms with E-state index >= 15 is 0 Å². The minimum Gasteiger partial charge on any atom is -0.494 e. The first kappa shape index (κ1) is 73.5. The lowest BCUT2D eigenvalue weighted by Gasteiger charge is -2.34. The van der Waals surface area contributed by atoms with Gasteiger partial charge in [0.05, 0.1) is 79.1 Å². The van der Waals surface area contributed by atoms with Gasteiger partial charge < -0.3 is 64.8 Å². The molecule has 0 spiro atoms. The number of nitrogens with zero attached hydrogens (tertiary/aromatic N) is 13. The van der Waals surface area contributed by atoms with Crippen molar-refractivity contribution in [2.75, 3.05) is 129 Å². The van der Waals surface area contributed by atoms with Crippen molar-refractivity contribution in [3.8, 4) is 34.3 Å². The highest BCUT2D eigenvalue weighted by Crippen LogP contribution is 2.43. The Balaban J connectivity index is 0.606. The number of carbonyl (C=O) groups excluding carboxylic acids is 5. The Kier molecular flexibility index (Phi) is 23.8. The van der Waals surface area contributed by atoms with Crippen molar-refractivity contribution in [2.45, 2.75) is 131 Å². The molecule has 24 nitrogen and oxygen atoms in total. The number of imidazole rings is 2. The molecule has 2 saturated heterocycles. The third-order valence-corrected chi connectivity index (χ3v) is 19.2. The van der Waals surface area contributed by atoms with E-state index < -0.39 is 18.4 Å². The monoisotopic (exact) mass is 1390 g/mol. The summed E-state index contributed by atoms with van der Waals surface area (Å²) >= 11 is 0. The molecule has 5 N–H and O–H groups in total. The van der Waals surface area contributed by atoms with Crippen LogP contribution in [0.15, 0.2) is 102 Å². The van der Waals surface area contributed by atoms with E-state index in [-0.39, 0.29) is 74.2 Å². The predicted molar refractivity (Wildman–Crippen MR) is 402 cm³/mol. The van der Waals surface area contributed by atoms with Crippen LogP contribution in [0.5, 0.6) is 11.5 Å². The predicted octanol–water partition coefficient (Wildman–Crippen LogP) is 9.66. The number of rotatable bonds is 31. The number of anilines is 2. The maximum absolute atomic E-state index is 14.0. The molecular weight excluding hydrogens is 1290 g/mol. The van der Waals surface area contributed by atoms with E-state index in [4.69, 9.17) is 30.2 Å². The van der Waals surface area contributed by atoms with Crippen LogP contribution in [0.4, 0.5) is 17.1 Å². The molecule has 2 fully saturated rings. The quantitative estimate of drug-likeness (QED) is 0.0295. The number of hydrogen-bond donors (Lipinski definition) is 4. The summed E-state index contributed by atoms with van der Waals surface area (Å²) < 4.78 is 14.5. The van der Waals surface area contributed by atoms with Gasteiger partial charge in [-0.05, 0) is 147 Å². The van der Waals surface area contributed by atoms with Crippen molar-refractivity contribution in [1.29, 1.82) is 0 Å². The lowest BCUT2D eigenvalue weighted by atomic mass is 9.78. The number of nitrogens with two attached hydrogens (primary N) is 1. The van der Waals surface area contributed by atoms with Crippen LogP contribution in [-0.4, -0.2) is 214 Å². The fraction of sp³-hybridized carbons (Fsp3) is 0.487. The highest BCUT2D eigenvalue weighted by atomic mass is 16.5. The average molecular weight is 1390 g/mol. The molecule has 102 heavy (non-hydrogen) atoms. The second kappa shape index (κ2) is 33.0. The highest BCUT2D eigenvalue weighted by Gasteiger charge is 2.31. The Morgan fingerprint density at radius 1 is 0.608 bits per heavy atom. The summed E-state index contributed by atoms with van der Waals surface area (Å²) in [5.41, 5.74) is 20.0. The molecule has 3 aromatic heterocycles. The summed E-state index contributed by atoms with van der Waals surface area (Å²) in [6.07, 6.45) is 5.47. The number of benzene rings is 5. The number of ether oxygens (including phenoxy) is 2. The maximum atomic E-state index is 14.0. The van der Waals surface area contributed by atoms with Gasteiger partial charge in [-0.15, -0.1) is 5.10 Å². The molecule has 0 unspecified atom stereocenters. The van der Waals surface area contributed by atoms with Crippen molar-refractivity contribution >= 4 is 74.4 Å². The summed E-state index contributed by atoms with van der Waals surface area (Å²) in [5, 5.41) is 11.5. The van der Waals surface area contributed by atoms with Crippen LogP contribution in [-0.2, 0) is 54.3 Å². The SMILES string of the molecule is CCCN(CC(=O)N(CCC)CC(=O)N(CC(N)=O)Cc1cn(CCCNC(=O)CCCOc2c(C(C)(C)C)cc(-c3nc4ccc(N5CCN(C)CC5)cc4[nH]3)cc2C(C)(C)C)nn1)C(=O)CCCOc1cccc(C2=Nc3ccc(-c4nc5ccc(N6CCN(C)CC6)cc5[nH]4)cc3C2)c1. The third kappa shape index (κ3) is 18.9. The van der Waals surface area contributed by atoms with E-state index in [1.54, 1.807) is 10.9 Å². The van der Waals surface area contributed by atoms with Gasteiger partial charge in [-0.2, -0.15) is 0 Å². The zero-order valence-electron chi connectivity index (χ0n) is 61.4. The summed E-state index contributed by atoms with van der Waals surface area (Å²) in [5.74, 6) is 1.26. The Morgan fingerprint density at radius 2 is 1.19 bits per heavy atom. The number of piperazine rings is 2. The average Bonchev–Trinajstić information content (AvgIpc) is 1.09. The van der Waals surface area contributed by atoms with E-state index in [0.29, 0.717) is 76.2 Å². The zero-order valence-corrected chi connectivity index (χ0v) is 61.4. The molecule has 3 aliphatic rings. The van der Waals surface area contributed by atoms with Crippen LogP contribution in [0.2, 0.25) is 0 Å². The number of H-pyrrole nitrogens is 2. The number of hydrogen-bond acceptors (Lipinski definition) is 16. The standard InChI is InChI=1S/C78H103N17O7/c1-11-28-92(71(98)20-15-39-101-60-18-13-17-53(42-60)66-45-55-41-54(21-24-63(55)81-66)75-82-64-25-22-58(46-67(64)84-75)90-35-31-88(9)32-36-90)51-72(99)93(29-12-2)52-73(100)94(50-69(79)96)48-57-49-95(87-86-57)30-16-27-80-70(97)19-14-40-102-74-61(77(3,4)5)43-56(44-62(74)78(6,7)8)76-83-65-26-23-59(47-68(65)85-76)91-37-33-89(10)34-38-91/h13,17-18,21-26,41-44,46-47,49H,11-12,14-16,19-20,27-40,45,48,50-52H2,1-10H3,(H2,79,96)(H,80,97)(H,82,84)(H,83,85). The number of primary amides is 1. The summed E-state index contributed by atoms with van der Waals surface area (Å²) in [4.78, 5) is 103. The molecule has 3 aliphatic heterocycles. The van der Waals surface area contributed by atoms with Crippen LogP contribution < -0.4 is 30.3 Å². The fourth-order valence-corrected chi connectivity index (χ4v) is 13.4. The van der Waals surface area contributed by atoms with E-state index in [2.05, 4.69) is 168 Å². The Labute approximate surface area is 599 Å². The number of amides is 5. The normalized spacial score (nSPS) is 14.5. The first-order chi connectivity index (χ1) is 48.9. The van der Waals surface area contributed by atoms with Gasteiger partial charge in [0.15, 0.2) is 0 Å². The Hall–Kier alpha value is -9.68. The van der Waals surface area contributed by atoms with Gasteiger partial charge in [0.25, 0.3) is 0 Å². The maximum Gasteiger partial charge on any atom is 0.243 e. The van der Waals surface area contributed by atoms with Gasteiger partial charge in [0, 0.05) is 131 Å². The van der Waals surface area contributed by atoms with Crippen molar-refractivity contribution in [1.82, 2.24) is 64.7 Å². The third-order valence-electron chi connectivity index (χ3n) is 19.2. The van der Waals surface area contributed by atoms with Gasteiger partial charge in [0.1, 0.15) is 28.8 Å². The number of carbonyl (C=O) groups is 5. The highest BCUT2D eigenvalue weighted by molar-refractivity contribution is 6.07. The number of aryl methyl sites for hydroxylation is 1. The second-order valence-corrected chi connectivity index (χ2v) is 29.6.